The minimum atomic E-state index is -0.407. The summed E-state index contributed by atoms with van der Waals surface area (Å²) in [7, 11) is 4.30. The van der Waals surface area contributed by atoms with Gasteiger partial charge in [0, 0.05) is 21.3 Å². The van der Waals surface area contributed by atoms with Gasteiger partial charge in [0.15, 0.2) is 6.29 Å². The van der Waals surface area contributed by atoms with Gasteiger partial charge < -0.3 is 25.1 Å². The minimum absolute atomic E-state index is 0.120. The second-order valence-corrected chi connectivity index (χ2v) is 4.61. The Balaban J connectivity index is 0. The Labute approximate surface area is 140 Å². The molecule has 0 saturated heterocycles. The molecule has 134 valence electrons. The van der Waals surface area contributed by atoms with Gasteiger partial charge >= 0.3 is 0 Å². The highest BCUT2D eigenvalue weighted by atomic mass is 16.7. The molecular formula is C18H33NO4. The molecule has 0 spiro atoms. The van der Waals surface area contributed by atoms with E-state index in [1.165, 1.54) is 5.56 Å². The Morgan fingerprint density at radius 3 is 2.00 bits per heavy atom. The number of nitrogens with two attached hydrogens (primary N) is 1. The molecule has 5 nitrogen and oxygen atoms in total. The lowest BCUT2D eigenvalue weighted by atomic mass is 10.0. The fourth-order valence-electron chi connectivity index (χ4n) is 1.97. The molecule has 0 aliphatic rings. The molecule has 1 unspecified atom stereocenters. The van der Waals surface area contributed by atoms with Crippen molar-refractivity contribution >= 4 is 6.29 Å². The molecular weight excluding hydrogens is 294 g/mol. The molecule has 5 heteroatoms. The number of hydrogen-bond donors (Lipinski definition) is 2. The van der Waals surface area contributed by atoms with Crippen molar-refractivity contribution in [3.05, 3.63) is 35.4 Å². The van der Waals surface area contributed by atoms with Crippen LogP contribution in [0, 0.1) is 0 Å². The van der Waals surface area contributed by atoms with Gasteiger partial charge in [-0.1, -0.05) is 38.1 Å². The number of aldehydes is 1. The zero-order valence-electron chi connectivity index (χ0n) is 15.1. The van der Waals surface area contributed by atoms with Crippen LogP contribution in [-0.4, -0.2) is 45.1 Å². The summed E-state index contributed by atoms with van der Waals surface area (Å²) in [5, 5.41) is 7.00. The number of aliphatic hydroxyl groups is 1. The first kappa shape index (κ1) is 24.0. The van der Waals surface area contributed by atoms with Gasteiger partial charge in [-0.05, 0) is 36.8 Å². The standard InChI is InChI=1S/C15H23NO3.C2H6.CH4O/c1-18-15(19-2)5-3-4-12-6-8-13(9-7-12)10-14(16)11-17;2*1-2/h6-9,11,14-15H,3-5,10,16H2,1-2H3;1-2H3;2H,1H3. The summed E-state index contributed by atoms with van der Waals surface area (Å²) in [6.45, 7) is 4.00. The highest BCUT2D eigenvalue weighted by Crippen LogP contribution is 2.11. The van der Waals surface area contributed by atoms with Gasteiger partial charge in [0.25, 0.3) is 0 Å². The molecule has 0 heterocycles. The molecule has 0 aliphatic carbocycles. The van der Waals surface area contributed by atoms with Gasteiger partial charge in [-0.25, -0.2) is 0 Å². The first-order valence-corrected chi connectivity index (χ1v) is 7.98. The van der Waals surface area contributed by atoms with Gasteiger partial charge in [0.1, 0.15) is 6.29 Å². The van der Waals surface area contributed by atoms with Crippen molar-refractivity contribution in [2.24, 2.45) is 5.73 Å². The quantitative estimate of drug-likeness (QED) is 0.537. The van der Waals surface area contributed by atoms with E-state index < -0.39 is 6.04 Å². The zero-order chi connectivity index (χ0) is 18.1. The van der Waals surface area contributed by atoms with Gasteiger partial charge in [-0.2, -0.15) is 0 Å². The maximum Gasteiger partial charge on any atom is 0.156 e. The number of benzene rings is 1. The Bertz CT molecular complexity index is 364. The van der Waals surface area contributed by atoms with E-state index in [-0.39, 0.29) is 6.29 Å². The molecule has 1 aromatic rings. The van der Waals surface area contributed by atoms with E-state index in [4.69, 9.17) is 20.3 Å². The van der Waals surface area contributed by atoms with Crippen LogP contribution in [0.5, 0.6) is 0 Å². The summed E-state index contributed by atoms with van der Waals surface area (Å²) < 4.78 is 10.3. The van der Waals surface area contributed by atoms with Gasteiger partial charge in [-0.15, -0.1) is 0 Å². The Morgan fingerprint density at radius 1 is 1.09 bits per heavy atom. The second-order valence-electron chi connectivity index (χ2n) is 4.61. The monoisotopic (exact) mass is 327 g/mol. The smallest absolute Gasteiger partial charge is 0.156 e. The summed E-state index contributed by atoms with van der Waals surface area (Å²) in [5.41, 5.74) is 7.96. The van der Waals surface area contributed by atoms with E-state index in [9.17, 15) is 4.79 Å². The number of aryl methyl sites for hydroxylation is 1. The third-order valence-corrected chi connectivity index (χ3v) is 3.10. The van der Waals surface area contributed by atoms with E-state index in [0.29, 0.717) is 6.42 Å². The first-order chi connectivity index (χ1) is 11.2. The van der Waals surface area contributed by atoms with Crippen molar-refractivity contribution in [1.29, 1.82) is 0 Å². The third-order valence-electron chi connectivity index (χ3n) is 3.10. The first-order valence-electron chi connectivity index (χ1n) is 7.98. The molecule has 1 aromatic carbocycles. The highest BCUT2D eigenvalue weighted by Gasteiger charge is 2.05. The highest BCUT2D eigenvalue weighted by molar-refractivity contribution is 5.57. The molecule has 0 fully saturated rings. The molecule has 3 N–H and O–H groups in total. The lowest BCUT2D eigenvalue weighted by molar-refractivity contribution is -0.108. The fourth-order valence-corrected chi connectivity index (χ4v) is 1.97. The summed E-state index contributed by atoms with van der Waals surface area (Å²) in [5.74, 6) is 0. The van der Waals surface area contributed by atoms with E-state index >= 15 is 0 Å². The summed E-state index contributed by atoms with van der Waals surface area (Å²) in [6, 6.07) is 7.82. The van der Waals surface area contributed by atoms with Crippen LogP contribution >= 0.6 is 0 Å². The lowest BCUT2D eigenvalue weighted by Gasteiger charge is -2.12. The van der Waals surface area contributed by atoms with E-state index in [1.54, 1.807) is 14.2 Å². The number of rotatable bonds is 9. The molecule has 0 amide bonds. The Hall–Kier alpha value is -1.27. The molecule has 1 atom stereocenters. The lowest BCUT2D eigenvalue weighted by Crippen LogP contribution is -2.23. The predicted molar refractivity (Wildman–Crippen MR) is 94.4 cm³/mol. The third kappa shape index (κ3) is 11.9. The van der Waals surface area contributed by atoms with E-state index in [0.717, 1.165) is 38.2 Å². The largest absolute Gasteiger partial charge is 0.400 e. The van der Waals surface area contributed by atoms with Crippen LogP contribution < -0.4 is 5.73 Å². The molecule has 0 bridgehead atoms. The SMILES string of the molecule is CC.CO.COC(CCCc1ccc(CC(N)C=O)cc1)OC. The van der Waals surface area contributed by atoms with Crippen molar-refractivity contribution in [3.8, 4) is 0 Å². The Morgan fingerprint density at radius 2 is 1.57 bits per heavy atom. The number of hydrogen-bond acceptors (Lipinski definition) is 5. The minimum Gasteiger partial charge on any atom is -0.400 e. The Kier molecular flexibility index (Phi) is 17.8. The molecule has 0 aliphatic heterocycles. The maximum absolute atomic E-state index is 10.5. The van der Waals surface area contributed by atoms with Crippen LogP contribution in [0.2, 0.25) is 0 Å². The molecule has 1 rings (SSSR count). The average Bonchev–Trinajstić information content (AvgIpc) is 2.63. The summed E-state index contributed by atoms with van der Waals surface area (Å²) in [6.07, 6.45) is 4.14. The number of carbonyl (C=O) groups is 1. The summed E-state index contributed by atoms with van der Waals surface area (Å²) in [4.78, 5) is 10.5. The topological polar surface area (TPSA) is 81.8 Å². The van der Waals surface area contributed by atoms with E-state index in [1.807, 2.05) is 26.0 Å². The van der Waals surface area contributed by atoms with E-state index in [2.05, 4.69) is 12.1 Å². The van der Waals surface area contributed by atoms with Crippen LogP contribution in [0.1, 0.15) is 37.8 Å². The average molecular weight is 327 g/mol. The van der Waals surface area contributed by atoms with Crippen molar-refractivity contribution in [2.75, 3.05) is 21.3 Å². The van der Waals surface area contributed by atoms with Crippen molar-refractivity contribution in [1.82, 2.24) is 0 Å². The second kappa shape index (κ2) is 17.1. The van der Waals surface area contributed by atoms with Crippen LogP contribution in [-0.2, 0) is 27.1 Å². The number of aliphatic hydroxyl groups excluding tert-OH is 1. The van der Waals surface area contributed by atoms with Crippen molar-refractivity contribution < 1.29 is 19.4 Å². The van der Waals surface area contributed by atoms with Crippen LogP contribution in [0.25, 0.3) is 0 Å². The predicted octanol–water partition coefficient (Wildman–Crippen LogP) is 2.33. The van der Waals surface area contributed by atoms with Gasteiger partial charge in [0.05, 0.1) is 6.04 Å². The van der Waals surface area contributed by atoms with Crippen molar-refractivity contribution in [2.45, 2.75) is 51.9 Å². The number of methoxy groups -OCH3 is 2. The van der Waals surface area contributed by atoms with Crippen molar-refractivity contribution in [3.63, 3.8) is 0 Å². The van der Waals surface area contributed by atoms with Gasteiger partial charge in [0.2, 0.25) is 0 Å². The number of ether oxygens (including phenoxy) is 2. The zero-order valence-corrected chi connectivity index (χ0v) is 15.1. The summed E-state index contributed by atoms with van der Waals surface area (Å²) >= 11 is 0. The van der Waals surface area contributed by atoms with Crippen LogP contribution in [0.15, 0.2) is 24.3 Å². The fraction of sp³-hybridized carbons (Fsp3) is 0.611. The van der Waals surface area contributed by atoms with Crippen LogP contribution in [0.3, 0.4) is 0 Å². The molecule has 0 aromatic heterocycles. The molecule has 0 saturated carbocycles. The molecule has 0 radical (unpaired) electrons. The maximum atomic E-state index is 10.5. The molecule has 23 heavy (non-hydrogen) atoms. The van der Waals surface area contributed by atoms with Gasteiger partial charge in [-0.3, -0.25) is 0 Å². The number of carbonyl (C=O) groups excluding carboxylic acids is 1. The van der Waals surface area contributed by atoms with Crippen LogP contribution in [0.4, 0.5) is 0 Å². The normalized spacial score (nSPS) is 11.0.